The molecule has 0 radical (unpaired) electrons. The predicted octanol–water partition coefficient (Wildman–Crippen LogP) is 2.22. The number of hydrogen-bond acceptors (Lipinski definition) is 4. The zero-order valence-corrected chi connectivity index (χ0v) is 14.6. The third-order valence-corrected chi connectivity index (χ3v) is 4.43. The quantitative estimate of drug-likeness (QED) is 0.866. The number of nitrogens with one attached hydrogen (secondary N) is 1. The van der Waals surface area contributed by atoms with Crippen LogP contribution in [0.15, 0.2) is 18.2 Å². The number of carbonyl (C=O) groups excluding carboxylic acids is 2. The van der Waals surface area contributed by atoms with Gasteiger partial charge in [0.15, 0.2) is 0 Å². The Labute approximate surface area is 143 Å². The number of amides is 2. The fraction of sp³-hybridized carbons (Fsp3) is 0.556. The van der Waals surface area contributed by atoms with E-state index >= 15 is 0 Å². The highest BCUT2D eigenvalue weighted by atomic mass is 16.5. The SMILES string of the molecule is CCC1CCCCN1C(=O)CNC(=O)c1cc(OC)cc(OC)c1. The molecule has 6 heteroatoms. The first-order valence-electron chi connectivity index (χ1n) is 8.39. The van der Waals surface area contributed by atoms with E-state index < -0.39 is 0 Å². The van der Waals surface area contributed by atoms with Gasteiger partial charge in [0.2, 0.25) is 5.91 Å². The molecule has 1 N–H and O–H groups in total. The maximum absolute atomic E-state index is 12.4. The lowest BCUT2D eigenvalue weighted by atomic mass is 10.00. The lowest BCUT2D eigenvalue weighted by molar-refractivity contribution is -0.133. The molecule has 6 nitrogen and oxygen atoms in total. The first kappa shape index (κ1) is 18.1. The van der Waals surface area contributed by atoms with E-state index in [0.717, 1.165) is 32.2 Å². The monoisotopic (exact) mass is 334 g/mol. The van der Waals surface area contributed by atoms with Crippen molar-refractivity contribution in [2.24, 2.45) is 0 Å². The van der Waals surface area contributed by atoms with Gasteiger partial charge in [-0.05, 0) is 37.8 Å². The average Bonchev–Trinajstić information content (AvgIpc) is 2.65. The molecule has 1 saturated heterocycles. The molecule has 0 saturated carbocycles. The Morgan fingerprint density at radius 3 is 2.42 bits per heavy atom. The van der Waals surface area contributed by atoms with Crippen molar-refractivity contribution in [2.45, 2.75) is 38.6 Å². The number of likely N-dealkylation sites (tertiary alicyclic amines) is 1. The summed E-state index contributed by atoms with van der Waals surface area (Å²) in [7, 11) is 3.06. The number of nitrogens with zero attached hydrogens (tertiary/aromatic N) is 1. The van der Waals surface area contributed by atoms with Crippen LogP contribution in [0.4, 0.5) is 0 Å². The average molecular weight is 334 g/mol. The van der Waals surface area contributed by atoms with Gasteiger partial charge in [-0.3, -0.25) is 9.59 Å². The normalized spacial score (nSPS) is 17.3. The first-order valence-corrected chi connectivity index (χ1v) is 8.39. The van der Waals surface area contributed by atoms with Crippen LogP contribution in [-0.2, 0) is 4.79 Å². The van der Waals surface area contributed by atoms with Crippen molar-refractivity contribution in [1.82, 2.24) is 10.2 Å². The summed E-state index contributed by atoms with van der Waals surface area (Å²) in [4.78, 5) is 26.6. The minimum Gasteiger partial charge on any atom is -0.497 e. The summed E-state index contributed by atoms with van der Waals surface area (Å²) in [5.74, 6) is 0.733. The Morgan fingerprint density at radius 2 is 1.83 bits per heavy atom. The summed E-state index contributed by atoms with van der Waals surface area (Å²) in [5, 5.41) is 2.70. The van der Waals surface area contributed by atoms with Gasteiger partial charge in [0.1, 0.15) is 11.5 Å². The number of piperidine rings is 1. The minimum absolute atomic E-state index is 0.00879. The smallest absolute Gasteiger partial charge is 0.251 e. The Bertz CT molecular complexity index is 566. The summed E-state index contributed by atoms with van der Waals surface area (Å²) in [6, 6.07) is 5.23. The molecule has 132 valence electrons. The fourth-order valence-corrected chi connectivity index (χ4v) is 3.05. The number of rotatable bonds is 6. The third-order valence-electron chi connectivity index (χ3n) is 4.43. The van der Waals surface area contributed by atoms with Crippen molar-refractivity contribution in [1.29, 1.82) is 0 Å². The van der Waals surface area contributed by atoms with Crippen LogP contribution in [-0.4, -0.2) is 50.1 Å². The summed E-state index contributed by atoms with van der Waals surface area (Å²) < 4.78 is 10.3. The number of hydrogen-bond donors (Lipinski definition) is 1. The molecule has 24 heavy (non-hydrogen) atoms. The molecule has 1 fully saturated rings. The lowest BCUT2D eigenvalue weighted by Crippen LogP contribution is -2.47. The minimum atomic E-state index is -0.314. The molecule has 1 aromatic carbocycles. The van der Waals surface area contributed by atoms with Crippen LogP contribution < -0.4 is 14.8 Å². The van der Waals surface area contributed by atoms with Gasteiger partial charge in [-0.25, -0.2) is 0 Å². The van der Waals surface area contributed by atoms with E-state index in [4.69, 9.17) is 9.47 Å². The highest BCUT2D eigenvalue weighted by Crippen LogP contribution is 2.22. The van der Waals surface area contributed by atoms with E-state index in [1.807, 2.05) is 4.90 Å². The van der Waals surface area contributed by atoms with Gasteiger partial charge < -0.3 is 19.7 Å². The molecule has 0 bridgehead atoms. The van der Waals surface area contributed by atoms with Gasteiger partial charge in [-0.15, -0.1) is 0 Å². The van der Waals surface area contributed by atoms with Crippen LogP contribution in [0, 0.1) is 0 Å². The number of methoxy groups -OCH3 is 2. The largest absolute Gasteiger partial charge is 0.497 e. The Kier molecular flexibility index (Phi) is 6.46. The Balaban J connectivity index is 1.98. The van der Waals surface area contributed by atoms with Crippen LogP contribution in [0.5, 0.6) is 11.5 Å². The highest BCUT2D eigenvalue weighted by molar-refractivity contribution is 5.97. The van der Waals surface area contributed by atoms with Crippen molar-refractivity contribution in [3.05, 3.63) is 23.8 Å². The molecular formula is C18H26N2O4. The molecule has 1 aliphatic heterocycles. The van der Waals surface area contributed by atoms with Crippen molar-refractivity contribution >= 4 is 11.8 Å². The molecular weight excluding hydrogens is 308 g/mol. The van der Waals surface area contributed by atoms with Crippen molar-refractivity contribution in [3.63, 3.8) is 0 Å². The first-order chi connectivity index (χ1) is 11.6. The molecule has 0 spiro atoms. The van der Waals surface area contributed by atoms with Gasteiger partial charge in [-0.1, -0.05) is 6.92 Å². The number of benzene rings is 1. The van der Waals surface area contributed by atoms with Crippen LogP contribution in [0.1, 0.15) is 43.0 Å². The van der Waals surface area contributed by atoms with Crippen LogP contribution in [0.2, 0.25) is 0 Å². The van der Waals surface area contributed by atoms with Gasteiger partial charge >= 0.3 is 0 Å². The van der Waals surface area contributed by atoms with Gasteiger partial charge in [0, 0.05) is 24.2 Å². The van der Waals surface area contributed by atoms with E-state index in [2.05, 4.69) is 12.2 Å². The number of ether oxygens (including phenoxy) is 2. The molecule has 0 aliphatic carbocycles. The molecule has 1 aromatic rings. The summed E-state index contributed by atoms with van der Waals surface area (Å²) >= 11 is 0. The zero-order chi connectivity index (χ0) is 17.5. The van der Waals surface area contributed by atoms with Crippen molar-refractivity contribution in [3.8, 4) is 11.5 Å². The zero-order valence-electron chi connectivity index (χ0n) is 14.6. The summed E-state index contributed by atoms with van der Waals surface area (Å²) in [6.07, 6.45) is 4.19. The summed E-state index contributed by atoms with van der Waals surface area (Å²) in [5.41, 5.74) is 0.407. The molecule has 1 heterocycles. The molecule has 0 aromatic heterocycles. The van der Waals surface area contributed by atoms with E-state index in [9.17, 15) is 9.59 Å². The molecule has 1 unspecified atom stereocenters. The molecule has 1 aliphatic rings. The molecule has 2 amide bonds. The third kappa shape index (κ3) is 4.40. The Hall–Kier alpha value is -2.24. The summed E-state index contributed by atoms with van der Waals surface area (Å²) in [6.45, 7) is 2.88. The van der Waals surface area contributed by atoms with E-state index in [-0.39, 0.29) is 18.4 Å². The second-order valence-corrected chi connectivity index (χ2v) is 5.93. The van der Waals surface area contributed by atoms with E-state index in [1.165, 1.54) is 14.2 Å². The van der Waals surface area contributed by atoms with Crippen LogP contribution in [0.3, 0.4) is 0 Å². The molecule has 1 atom stereocenters. The standard InChI is InChI=1S/C18H26N2O4/c1-4-14-7-5-6-8-20(14)17(21)12-19-18(22)13-9-15(23-2)11-16(10-13)24-3/h9-11,14H,4-8,12H2,1-3H3,(H,19,22). The van der Waals surface area contributed by atoms with Crippen LogP contribution >= 0.6 is 0 Å². The maximum Gasteiger partial charge on any atom is 0.251 e. The lowest BCUT2D eigenvalue weighted by Gasteiger charge is -2.35. The van der Waals surface area contributed by atoms with Gasteiger partial charge in [0.25, 0.3) is 5.91 Å². The van der Waals surface area contributed by atoms with Gasteiger partial charge in [-0.2, -0.15) is 0 Å². The predicted molar refractivity (Wildman–Crippen MR) is 91.5 cm³/mol. The topological polar surface area (TPSA) is 67.9 Å². The Morgan fingerprint density at radius 1 is 1.17 bits per heavy atom. The maximum atomic E-state index is 12.4. The number of carbonyl (C=O) groups is 2. The molecule has 2 rings (SSSR count). The fourth-order valence-electron chi connectivity index (χ4n) is 3.05. The second kappa shape index (κ2) is 8.57. The van der Waals surface area contributed by atoms with Gasteiger partial charge in [0.05, 0.1) is 20.8 Å². The van der Waals surface area contributed by atoms with E-state index in [0.29, 0.717) is 23.1 Å². The van der Waals surface area contributed by atoms with Crippen molar-refractivity contribution < 1.29 is 19.1 Å². The highest BCUT2D eigenvalue weighted by Gasteiger charge is 2.25. The second-order valence-electron chi connectivity index (χ2n) is 5.93. The van der Waals surface area contributed by atoms with Crippen LogP contribution in [0.25, 0.3) is 0 Å². The van der Waals surface area contributed by atoms with Crippen molar-refractivity contribution in [2.75, 3.05) is 27.3 Å². The van der Waals surface area contributed by atoms with E-state index in [1.54, 1.807) is 18.2 Å².